The van der Waals surface area contributed by atoms with Crippen molar-refractivity contribution in [3.8, 4) is 22.7 Å². The Kier molecular flexibility index (Phi) is 6.52. The summed E-state index contributed by atoms with van der Waals surface area (Å²) in [5, 5.41) is 4.00. The van der Waals surface area contributed by atoms with Gasteiger partial charge in [0.1, 0.15) is 16.5 Å². The number of fused-ring (bicyclic) bond motifs is 1. The van der Waals surface area contributed by atoms with E-state index in [4.69, 9.17) is 0 Å². The smallest absolute Gasteiger partial charge is 0.456 e. The lowest BCUT2D eigenvalue weighted by Crippen LogP contribution is -2.41. The quantitative estimate of drug-likeness (QED) is 0.325. The van der Waals surface area contributed by atoms with E-state index < -0.39 is 45.8 Å². The number of sulfone groups is 1. The highest BCUT2D eigenvalue weighted by Gasteiger charge is 2.58. The summed E-state index contributed by atoms with van der Waals surface area (Å²) in [7, 11) is -3.98. The maximum Gasteiger partial charge on any atom is 0.456 e. The van der Waals surface area contributed by atoms with Crippen molar-refractivity contribution in [3.05, 3.63) is 71.2 Å². The molecule has 3 aromatic heterocycles. The zero-order valence-corrected chi connectivity index (χ0v) is 19.5. The topological polar surface area (TPSA) is 95.6 Å². The van der Waals surface area contributed by atoms with Gasteiger partial charge in [0.25, 0.3) is 0 Å². The highest BCUT2D eigenvalue weighted by atomic mass is 32.2. The molecule has 0 fully saturated rings. The molecule has 8 nitrogen and oxygen atoms in total. The van der Waals surface area contributed by atoms with E-state index in [1.807, 2.05) is 0 Å². The molecule has 1 aromatic carbocycles. The standard InChI is InChI=1S/C22H16F6N4O4S/c1-2-37(34,35)17-9-14(13-3-5-15(23)6-4-13)10-29-19(17)32-20(33)31-11-16(7-8-18(31)30-32)36-12-21(24,25)22(26,27)28/h3-11H,2,12H2,1H3. The minimum Gasteiger partial charge on any atom is -0.485 e. The van der Waals surface area contributed by atoms with Crippen molar-refractivity contribution in [1.29, 1.82) is 0 Å². The number of nitrogens with zero attached hydrogens (tertiary/aromatic N) is 4. The van der Waals surface area contributed by atoms with Gasteiger partial charge in [-0.15, -0.1) is 5.10 Å². The minimum absolute atomic E-state index is 0.0933. The van der Waals surface area contributed by atoms with Crippen LogP contribution < -0.4 is 10.4 Å². The van der Waals surface area contributed by atoms with Crippen LogP contribution in [0.1, 0.15) is 6.92 Å². The van der Waals surface area contributed by atoms with Gasteiger partial charge in [-0.2, -0.15) is 26.6 Å². The molecule has 15 heteroatoms. The lowest BCUT2D eigenvalue weighted by atomic mass is 10.1. The first kappa shape index (κ1) is 26.2. The normalized spacial score (nSPS) is 12.7. The molecule has 0 bridgehead atoms. The van der Waals surface area contributed by atoms with Crippen LogP contribution in [0, 0.1) is 5.82 Å². The molecule has 37 heavy (non-hydrogen) atoms. The van der Waals surface area contributed by atoms with Crippen LogP contribution in [0.25, 0.3) is 22.6 Å². The molecule has 4 aromatic rings. The molecular weight excluding hydrogens is 530 g/mol. The number of ether oxygens (including phenoxy) is 1. The van der Waals surface area contributed by atoms with E-state index in [1.54, 1.807) is 0 Å². The Bertz CT molecular complexity index is 1630. The summed E-state index contributed by atoms with van der Waals surface area (Å²) in [5.41, 5.74) is -0.316. The number of rotatable bonds is 7. The van der Waals surface area contributed by atoms with E-state index in [9.17, 15) is 39.6 Å². The van der Waals surface area contributed by atoms with Crippen LogP contribution >= 0.6 is 0 Å². The molecule has 196 valence electrons. The second-order valence-corrected chi connectivity index (χ2v) is 9.98. The SMILES string of the molecule is CCS(=O)(=O)c1cc(-c2ccc(F)cc2)cnc1-n1nc2ccc(OCC(F)(F)C(F)(F)F)cn2c1=O. The molecule has 0 unspecified atom stereocenters. The van der Waals surface area contributed by atoms with Crippen molar-refractivity contribution in [3.63, 3.8) is 0 Å². The van der Waals surface area contributed by atoms with E-state index >= 15 is 0 Å². The molecular formula is C22H16F6N4O4S. The van der Waals surface area contributed by atoms with Crippen LogP contribution in [-0.4, -0.2) is 52.0 Å². The summed E-state index contributed by atoms with van der Waals surface area (Å²) in [4.78, 5) is 16.7. The van der Waals surface area contributed by atoms with Crippen molar-refractivity contribution >= 4 is 15.5 Å². The Balaban J connectivity index is 1.78. The molecule has 0 N–H and O–H groups in total. The van der Waals surface area contributed by atoms with E-state index in [-0.39, 0.29) is 22.1 Å². The first-order valence-corrected chi connectivity index (χ1v) is 12.1. The summed E-state index contributed by atoms with van der Waals surface area (Å²) < 4.78 is 108. The Labute approximate surface area is 204 Å². The monoisotopic (exact) mass is 546 g/mol. The number of aromatic nitrogens is 4. The predicted molar refractivity (Wildman–Crippen MR) is 118 cm³/mol. The molecule has 0 aliphatic rings. The fraction of sp³-hybridized carbons (Fsp3) is 0.227. The van der Waals surface area contributed by atoms with Gasteiger partial charge in [-0.05, 0) is 35.9 Å². The van der Waals surface area contributed by atoms with Gasteiger partial charge in [0, 0.05) is 11.8 Å². The third-order valence-corrected chi connectivity index (χ3v) is 6.98. The van der Waals surface area contributed by atoms with Gasteiger partial charge >= 0.3 is 17.8 Å². The van der Waals surface area contributed by atoms with Gasteiger partial charge in [-0.1, -0.05) is 19.1 Å². The fourth-order valence-corrected chi connectivity index (χ4v) is 4.25. The first-order chi connectivity index (χ1) is 17.2. The van der Waals surface area contributed by atoms with Crippen LogP contribution in [0.15, 0.2) is 64.5 Å². The molecule has 0 radical (unpaired) electrons. The largest absolute Gasteiger partial charge is 0.485 e. The highest BCUT2D eigenvalue weighted by molar-refractivity contribution is 7.91. The second kappa shape index (κ2) is 9.21. The Morgan fingerprint density at radius 3 is 2.30 bits per heavy atom. The highest BCUT2D eigenvalue weighted by Crippen LogP contribution is 2.35. The minimum atomic E-state index is -5.83. The number of alkyl halides is 5. The Morgan fingerprint density at radius 1 is 1.00 bits per heavy atom. The molecule has 0 amide bonds. The summed E-state index contributed by atoms with van der Waals surface area (Å²) in [6, 6.07) is 8.55. The van der Waals surface area contributed by atoms with Gasteiger partial charge in [0.2, 0.25) is 0 Å². The molecule has 0 aliphatic carbocycles. The third-order valence-electron chi connectivity index (χ3n) is 5.25. The summed E-state index contributed by atoms with van der Waals surface area (Å²) >= 11 is 0. The molecule has 0 spiro atoms. The maximum absolute atomic E-state index is 13.3. The van der Waals surface area contributed by atoms with Crippen LogP contribution in [-0.2, 0) is 9.84 Å². The average Bonchev–Trinajstić information content (AvgIpc) is 3.18. The summed E-state index contributed by atoms with van der Waals surface area (Å²) in [6.07, 6.45) is -3.73. The molecule has 0 saturated carbocycles. The van der Waals surface area contributed by atoms with Crippen LogP contribution in [0.3, 0.4) is 0 Å². The number of hydrogen-bond acceptors (Lipinski definition) is 6. The van der Waals surface area contributed by atoms with Crippen LogP contribution in [0.2, 0.25) is 0 Å². The predicted octanol–water partition coefficient (Wildman–Crippen LogP) is 4.06. The van der Waals surface area contributed by atoms with Crippen molar-refractivity contribution in [2.24, 2.45) is 0 Å². The fourth-order valence-electron chi connectivity index (χ4n) is 3.22. The van der Waals surface area contributed by atoms with Gasteiger partial charge in [0.15, 0.2) is 27.9 Å². The number of pyridine rings is 2. The second-order valence-electron chi connectivity index (χ2n) is 7.73. The number of halogens is 6. The lowest BCUT2D eigenvalue weighted by Gasteiger charge is -2.19. The molecule has 4 rings (SSSR count). The van der Waals surface area contributed by atoms with Gasteiger partial charge in [0.05, 0.1) is 11.9 Å². The van der Waals surface area contributed by atoms with E-state index in [1.165, 1.54) is 43.5 Å². The Morgan fingerprint density at radius 2 is 1.68 bits per heavy atom. The molecule has 0 aliphatic heterocycles. The summed E-state index contributed by atoms with van der Waals surface area (Å²) in [5.74, 6) is -6.85. The van der Waals surface area contributed by atoms with E-state index in [0.29, 0.717) is 15.8 Å². The van der Waals surface area contributed by atoms with Gasteiger partial charge in [-0.25, -0.2) is 27.0 Å². The number of benzene rings is 1. The third kappa shape index (κ3) is 5.03. The molecule has 0 saturated heterocycles. The number of hydrogen-bond donors (Lipinski definition) is 0. The van der Waals surface area contributed by atoms with E-state index in [0.717, 1.165) is 22.7 Å². The first-order valence-electron chi connectivity index (χ1n) is 10.4. The van der Waals surface area contributed by atoms with Gasteiger partial charge < -0.3 is 4.74 Å². The van der Waals surface area contributed by atoms with Crippen LogP contribution in [0.5, 0.6) is 5.75 Å². The van der Waals surface area contributed by atoms with Gasteiger partial charge in [-0.3, -0.25) is 0 Å². The van der Waals surface area contributed by atoms with E-state index in [2.05, 4.69) is 14.8 Å². The van der Waals surface area contributed by atoms with Crippen molar-refractivity contribution in [1.82, 2.24) is 19.2 Å². The molecule has 0 atom stereocenters. The average molecular weight is 546 g/mol. The maximum atomic E-state index is 13.3. The van der Waals surface area contributed by atoms with Crippen molar-refractivity contribution in [2.45, 2.75) is 23.9 Å². The Hall–Kier alpha value is -3.88. The zero-order valence-electron chi connectivity index (χ0n) is 18.7. The van der Waals surface area contributed by atoms with Crippen LogP contribution in [0.4, 0.5) is 26.3 Å². The molecule has 3 heterocycles. The zero-order chi connectivity index (χ0) is 27.2. The summed E-state index contributed by atoms with van der Waals surface area (Å²) in [6.45, 7) is -0.646. The van der Waals surface area contributed by atoms with Crippen molar-refractivity contribution < 1.29 is 39.5 Å². The van der Waals surface area contributed by atoms with Crippen molar-refractivity contribution in [2.75, 3.05) is 12.4 Å². The lowest BCUT2D eigenvalue weighted by molar-refractivity contribution is -0.290.